The zero-order valence-electron chi connectivity index (χ0n) is 10.6. The van der Waals surface area contributed by atoms with Crippen molar-refractivity contribution in [3.05, 3.63) is 23.7 Å². The van der Waals surface area contributed by atoms with Crippen LogP contribution in [0.5, 0.6) is 0 Å². The number of methoxy groups -OCH3 is 1. The lowest BCUT2D eigenvalue weighted by atomic mass is 10.1. The third-order valence-electron chi connectivity index (χ3n) is 2.54. The number of carbonyl (C=O) groups excluding carboxylic acids is 2. The van der Waals surface area contributed by atoms with Gasteiger partial charge in [0.1, 0.15) is 6.04 Å². The summed E-state index contributed by atoms with van der Waals surface area (Å²) in [5.74, 6) is -2.32. The second-order valence-electron chi connectivity index (χ2n) is 3.91. The number of esters is 1. The second kappa shape index (κ2) is 6.58. The van der Waals surface area contributed by atoms with Gasteiger partial charge in [-0.15, -0.1) is 0 Å². The van der Waals surface area contributed by atoms with Gasteiger partial charge in [0.25, 0.3) is 5.91 Å². The molecule has 1 aromatic rings. The third kappa shape index (κ3) is 4.13. The molecular formula is C12H15NO6. The normalized spacial score (nSPS) is 11.7. The van der Waals surface area contributed by atoms with Crippen molar-refractivity contribution in [2.24, 2.45) is 0 Å². The van der Waals surface area contributed by atoms with Crippen LogP contribution in [0.2, 0.25) is 0 Å². The number of ether oxygens (including phenoxy) is 1. The first-order valence-corrected chi connectivity index (χ1v) is 5.60. The molecule has 0 fully saturated rings. The van der Waals surface area contributed by atoms with Crippen molar-refractivity contribution in [3.63, 3.8) is 0 Å². The molecule has 1 amide bonds. The van der Waals surface area contributed by atoms with Gasteiger partial charge in [-0.2, -0.15) is 0 Å². The maximum Gasteiger partial charge on any atom is 0.326 e. The Balaban J connectivity index is 2.64. The van der Waals surface area contributed by atoms with Crippen LogP contribution in [0.1, 0.15) is 29.0 Å². The molecule has 0 spiro atoms. The zero-order chi connectivity index (χ0) is 14.4. The standard InChI is InChI=1S/C12H15NO6/c1-7-5-6-19-10(7)11(15)13-8(12(16)17)3-4-9(14)18-2/h5-6,8H,3-4H2,1-2H3,(H,13,15)(H,16,17). The molecule has 1 aromatic heterocycles. The highest BCUT2D eigenvalue weighted by atomic mass is 16.5. The molecule has 7 heteroatoms. The molecule has 2 N–H and O–H groups in total. The number of rotatable bonds is 6. The fourth-order valence-corrected chi connectivity index (χ4v) is 1.45. The van der Waals surface area contributed by atoms with Crippen molar-refractivity contribution in [1.82, 2.24) is 5.32 Å². The highest BCUT2D eigenvalue weighted by Gasteiger charge is 2.23. The number of aryl methyl sites for hydroxylation is 1. The number of carboxylic acids is 1. The minimum absolute atomic E-state index is 0.0481. The number of carbonyl (C=O) groups is 3. The van der Waals surface area contributed by atoms with Gasteiger partial charge in [0.15, 0.2) is 5.76 Å². The number of furan rings is 1. The highest BCUT2D eigenvalue weighted by molar-refractivity contribution is 5.95. The average molecular weight is 269 g/mol. The summed E-state index contributed by atoms with van der Waals surface area (Å²) in [5, 5.41) is 11.3. The second-order valence-corrected chi connectivity index (χ2v) is 3.91. The van der Waals surface area contributed by atoms with Crippen molar-refractivity contribution in [1.29, 1.82) is 0 Å². The predicted molar refractivity (Wildman–Crippen MR) is 63.6 cm³/mol. The summed E-state index contributed by atoms with van der Waals surface area (Å²) in [7, 11) is 1.21. The Bertz CT molecular complexity index is 478. The molecule has 1 atom stereocenters. The minimum Gasteiger partial charge on any atom is -0.480 e. The fraction of sp³-hybridized carbons (Fsp3) is 0.417. The highest BCUT2D eigenvalue weighted by Crippen LogP contribution is 2.09. The van der Waals surface area contributed by atoms with Crippen molar-refractivity contribution in [2.45, 2.75) is 25.8 Å². The maximum atomic E-state index is 11.8. The quantitative estimate of drug-likeness (QED) is 0.737. The van der Waals surface area contributed by atoms with E-state index in [-0.39, 0.29) is 18.6 Å². The molecule has 0 aromatic carbocycles. The van der Waals surface area contributed by atoms with E-state index in [9.17, 15) is 14.4 Å². The van der Waals surface area contributed by atoms with Crippen LogP contribution in [-0.4, -0.2) is 36.1 Å². The summed E-state index contributed by atoms with van der Waals surface area (Å²) in [6.45, 7) is 1.67. The van der Waals surface area contributed by atoms with Crippen LogP contribution in [0, 0.1) is 6.92 Å². The van der Waals surface area contributed by atoms with Gasteiger partial charge in [-0.05, 0) is 19.4 Å². The van der Waals surface area contributed by atoms with Gasteiger partial charge in [0, 0.05) is 12.0 Å². The molecule has 0 aliphatic carbocycles. The topological polar surface area (TPSA) is 106 Å². The molecule has 1 heterocycles. The number of hydrogen-bond acceptors (Lipinski definition) is 5. The Labute approximate surface area is 109 Å². The molecule has 0 saturated heterocycles. The predicted octanol–water partition coefficient (Wildman–Crippen LogP) is 0.724. The summed E-state index contributed by atoms with van der Waals surface area (Å²) in [4.78, 5) is 33.7. The Morgan fingerprint density at radius 3 is 2.63 bits per heavy atom. The van der Waals surface area contributed by atoms with Crippen molar-refractivity contribution in [3.8, 4) is 0 Å². The van der Waals surface area contributed by atoms with Crippen LogP contribution in [0.25, 0.3) is 0 Å². The summed E-state index contributed by atoms with van der Waals surface area (Å²) in [6, 6.07) is 0.426. The summed E-state index contributed by atoms with van der Waals surface area (Å²) in [5.41, 5.74) is 0.606. The van der Waals surface area contributed by atoms with E-state index in [1.807, 2.05) is 0 Å². The van der Waals surface area contributed by atoms with Crippen LogP contribution >= 0.6 is 0 Å². The van der Waals surface area contributed by atoms with Gasteiger partial charge in [-0.25, -0.2) is 4.79 Å². The van der Waals surface area contributed by atoms with E-state index in [4.69, 9.17) is 9.52 Å². The van der Waals surface area contributed by atoms with E-state index in [0.29, 0.717) is 5.56 Å². The lowest BCUT2D eigenvalue weighted by molar-refractivity contribution is -0.142. The first-order chi connectivity index (χ1) is 8.95. The van der Waals surface area contributed by atoms with E-state index in [2.05, 4.69) is 10.1 Å². The monoisotopic (exact) mass is 269 g/mol. The van der Waals surface area contributed by atoms with Crippen molar-refractivity contribution >= 4 is 17.8 Å². The van der Waals surface area contributed by atoms with E-state index in [1.165, 1.54) is 13.4 Å². The first kappa shape index (κ1) is 14.7. The summed E-state index contributed by atoms with van der Waals surface area (Å²) < 4.78 is 9.37. The van der Waals surface area contributed by atoms with Crippen LogP contribution in [0.15, 0.2) is 16.7 Å². The van der Waals surface area contributed by atoms with E-state index >= 15 is 0 Å². The van der Waals surface area contributed by atoms with E-state index in [1.54, 1.807) is 13.0 Å². The number of amides is 1. The summed E-state index contributed by atoms with van der Waals surface area (Å²) >= 11 is 0. The zero-order valence-corrected chi connectivity index (χ0v) is 10.6. The van der Waals surface area contributed by atoms with Gasteiger partial charge in [0.05, 0.1) is 13.4 Å². The molecular weight excluding hydrogens is 254 g/mol. The number of hydrogen-bond donors (Lipinski definition) is 2. The Morgan fingerprint density at radius 2 is 2.16 bits per heavy atom. The molecule has 0 radical (unpaired) electrons. The van der Waals surface area contributed by atoms with Gasteiger partial charge in [-0.1, -0.05) is 0 Å². The molecule has 7 nitrogen and oxygen atoms in total. The van der Waals surface area contributed by atoms with E-state index in [0.717, 1.165) is 0 Å². The smallest absolute Gasteiger partial charge is 0.326 e. The molecule has 0 bridgehead atoms. The maximum absolute atomic E-state index is 11.8. The third-order valence-corrected chi connectivity index (χ3v) is 2.54. The van der Waals surface area contributed by atoms with Crippen LogP contribution < -0.4 is 5.32 Å². The molecule has 104 valence electrons. The summed E-state index contributed by atoms with van der Waals surface area (Å²) in [6.07, 6.45) is 1.20. The van der Waals surface area contributed by atoms with Crippen LogP contribution in [0.3, 0.4) is 0 Å². The number of aliphatic carboxylic acids is 1. The lowest BCUT2D eigenvalue weighted by Gasteiger charge is -2.13. The van der Waals surface area contributed by atoms with Gasteiger partial charge in [-0.3, -0.25) is 9.59 Å². The molecule has 19 heavy (non-hydrogen) atoms. The number of nitrogens with one attached hydrogen (secondary N) is 1. The molecule has 1 rings (SSSR count). The molecule has 1 unspecified atom stereocenters. The van der Waals surface area contributed by atoms with Crippen LogP contribution in [-0.2, 0) is 14.3 Å². The Morgan fingerprint density at radius 1 is 1.47 bits per heavy atom. The SMILES string of the molecule is COC(=O)CCC(NC(=O)c1occc1C)C(=O)O. The Kier molecular flexibility index (Phi) is 5.11. The first-order valence-electron chi connectivity index (χ1n) is 5.60. The fourth-order valence-electron chi connectivity index (χ4n) is 1.45. The molecule has 0 aliphatic heterocycles. The van der Waals surface area contributed by atoms with Gasteiger partial charge in [0.2, 0.25) is 0 Å². The molecule has 0 aliphatic rings. The largest absolute Gasteiger partial charge is 0.480 e. The van der Waals surface area contributed by atoms with Gasteiger partial charge < -0.3 is 19.6 Å². The minimum atomic E-state index is -1.22. The average Bonchev–Trinajstić information content (AvgIpc) is 2.79. The number of carboxylic acid groups (broad SMARTS) is 1. The van der Waals surface area contributed by atoms with E-state index < -0.39 is 23.9 Å². The van der Waals surface area contributed by atoms with Crippen molar-refractivity contribution in [2.75, 3.05) is 7.11 Å². The Hall–Kier alpha value is -2.31. The van der Waals surface area contributed by atoms with Crippen molar-refractivity contribution < 1.29 is 28.6 Å². The van der Waals surface area contributed by atoms with Gasteiger partial charge >= 0.3 is 11.9 Å². The van der Waals surface area contributed by atoms with Crippen LogP contribution in [0.4, 0.5) is 0 Å². The molecule has 0 saturated carbocycles. The lowest BCUT2D eigenvalue weighted by Crippen LogP contribution is -2.41.